The zero-order valence-corrected chi connectivity index (χ0v) is 13.1. The second-order valence-corrected chi connectivity index (χ2v) is 6.85. The van der Waals surface area contributed by atoms with E-state index in [2.05, 4.69) is 18.3 Å². The fourth-order valence-electron chi connectivity index (χ4n) is 3.85. The first-order valence-electron chi connectivity index (χ1n) is 7.77. The van der Waals surface area contributed by atoms with Crippen LogP contribution in [0.3, 0.4) is 0 Å². The predicted molar refractivity (Wildman–Crippen MR) is 83.4 cm³/mol. The summed E-state index contributed by atoms with van der Waals surface area (Å²) in [5.74, 6) is 3.47. The number of hydrogen-bond acceptors (Lipinski definition) is 2. The molecule has 0 amide bonds. The third kappa shape index (κ3) is 2.82. The molecule has 1 aromatic carbocycles. The lowest BCUT2D eigenvalue weighted by atomic mass is 9.89. The molecular weight excluding hydrogens is 270 g/mol. The second kappa shape index (κ2) is 5.95. The molecule has 3 heteroatoms. The number of benzene rings is 1. The first-order chi connectivity index (χ1) is 9.67. The summed E-state index contributed by atoms with van der Waals surface area (Å²) in [6.45, 7) is 2.96. The molecule has 2 fully saturated rings. The molecule has 110 valence electrons. The maximum Gasteiger partial charge on any atom is 0.137 e. The summed E-state index contributed by atoms with van der Waals surface area (Å²) >= 11 is 6.34. The molecule has 2 bridgehead atoms. The molecule has 20 heavy (non-hydrogen) atoms. The summed E-state index contributed by atoms with van der Waals surface area (Å²) in [4.78, 5) is 0. The van der Waals surface area contributed by atoms with E-state index in [0.717, 1.165) is 35.1 Å². The zero-order chi connectivity index (χ0) is 14.1. The molecule has 0 aromatic heterocycles. The van der Waals surface area contributed by atoms with E-state index in [0.29, 0.717) is 6.04 Å². The Morgan fingerprint density at radius 1 is 1.35 bits per heavy atom. The SMILES string of the molecule is CNC(C)c1ccc(OCC2CC3CCC2C3)c(Cl)c1. The van der Waals surface area contributed by atoms with Gasteiger partial charge in [-0.1, -0.05) is 24.1 Å². The first-order valence-corrected chi connectivity index (χ1v) is 8.14. The van der Waals surface area contributed by atoms with Gasteiger partial charge >= 0.3 is 0 Å². The van der Waals surface area contributed by atoms with Crippen LogP contribution in [0.15, 0.2) is 18.2 Å². The molecule has 0 saturated heterocycles. The average Bonchev–Trinajstić information content (AvgIpc) is 3.07. The summed E-state index contributed by atoms with van der Waals surface area (Å²) in [6.07, 6.45) is 5.64. The van der Waals surface area contributed by atoms with Crippen LogP contribution in [0, 0.1) is 17.8 Å². The van der Waals surface area contributed by atoms with Crippen LogP contribution in [0.4, 0.5) is 0 Å². The third-order valence-electron chi connectivity index (χ3n) is 5.23. The van der Waals surface area contributed by atoms with Crippen molar-refractivity contribution in [3.05, 3.63) is 28.8 Å². The monoisotopic (exact) mass is 293 g/mol. The van der Waals surface area contributed by atoms with Gasteiger partial charge in [0.25, 0.3) is 0 Å². The lowest BCUT2D eigenvalue weighted by Gasteiger charge is -2.22. The van der Waals surface area contributed by atoms with Gasteiger partial charge in [0, 0.05) is 6.04 Å². The summed E-state index contributed by atoms with van der Waals surface area (Å²) in [5.41, 5.74) is 1.20. The minimum absolute atomic E-state index is 0.312. The Labute approximate surface area is 126 Å². The minimum atomic E-state index is 0.312. The Morgan fingerprint density at radius 2 is 2.20 bits per heavy atom. The normalized spacial score (nSPS) is 29.6. The molecule has 0 aliphatic heterocycles. The Bertz CT molecular complexity index is 476. The van der Waals surface area contributed by atoms with Crippen molar-refractivity contribution in [1.29, 1.82) is 0 Å². The largest absolute Gasteiger partial charge is 0.492 e. The van der Waals surface area contributed by atoms with Crippen LogP contribution in [0.1, 0.15) is 44.2 Å². The average molecular weight is 294 g/mol. The Hall–Kier alpha value is -0.730. The maximum absolute atomic E-state index is 6.34. The number of fused-ring (bicyclic) bond motifs is 2. The van der Waals surface area contributed by atoms with Gasteiger partial charge in [-0.15, -0.1) is 0 Å². The molecule has 4 unspecified atom stereocenters. The van der Waals surface area contributed by atoms with Crippen LogP contribution < -0.4 is 10.1 Å². The number of nitrogens with one attached hydrogen (secondary N) is 1. The molecule has 2 saturated carbocycles. The van der Waals surface area contributed by atoms with Crippen molar-refractivity contribution in [2.24, 2.45) is 17.8 Å². The second-order valence-electron chi connectivity index (χ2n) is 6.45. The number of hydrogen-bond donors (Lipinski definition) is 1. The van der Waals surface area contributed by atoms with E-state index in [1.54, 1.807) is 0 Å². The molecule has 1 N–H and O–H groups in total. The van der Waals surface area contributed by atoms with Crippen LogP contribution in [0.2, 0.25) is 5.02 Å². The first kappa shape index (κ1) is 14.2. The molecule has 0 radical (unpaired) electrons. The highest BCUT2D eigenvalue weighted by atomic mass is 35.5. The topological polar surface area (TPSA) is 21.3 Å². The Kier molecular flexibility index (Phi) is 4.23. The highest BCUT2D eigenvalue weighted by Gasteiger charge is 2.39. The van der Waals surface area contributed by atoms with Crippen molar-refractivity contribution < 1.29 is 4.74 Å². The molecule has 3 rings (SSSR count). The van der Waals surface area contributed by atoms with Gasteiger partial charge in [0.1, 0.15) is 5.75 Å². The van der Waals surface area contributed by atoms with Crippen LogP contribution in [-0.2, 0) is 0 Å². The predicted octanol–water partition coefficient (Wildman–Crippen LogP) is 4.44. The van der Waals surface area contributed by atoms with Crippen molar-refractivity contribution in [2.75, 3.05) is 13.7 Å². The summed E-state index contributed by atoms with van der Waals surface area (Å²) in [5, 5.41) is 3.95. The molecule has 2 nitrogen and oxygen atoms in total. The summed E-state index contributed by atoms with van der Waals surface area (Å²) in [6, 6.07) is 6.44. The minimum Gasteiger partial charge on any atom is -0.492 e. The van der Waals surface area contributed by atoms with E-state index in [1.807, 2.05) is 19.2 Å². The number of halogens is 1. The summed E-state index contributed by atoms with van der Waals surface area (Å²) in [7, 11) is 1.96. The van der Waals surface area contributed by atoms with E-state index in [1.165, 1.54) is 31.2 Å². The molecule has 1 aromatic rings. The molecule has 2 aliphatic carbocycles. The zero-order valence-electron chi connectivity index (χ0n) is 12.4. The molecule has 0 spiro atoms. The van der Waals surface area contributed by atoms with E-state index in [4.69, 9.17) is 16.3 Å². The van der Waals surface area contributed by atoms with Gasteiger partial charge in [-0.3, -0.25) is 0 Å². The standard InChI is InChI=1S/C17H24ClNO/c1-11(19-2)13-5-6-17(16(18)9-13)20-10-15-8-12-3-4-14(15)7-12/h5-6,9,11-12,14-15,19H,3-4,7-8,10H2,1-2H3. The van der Waals surface area contributed by atoms with Crippen molar-refractivity contribution in [1.82, 2.24) is 5.32 Å². The fourth-order valence-corrected chi connectivity index (χ4v) is 4.09. The lowest BCUT2D eigenvalue weighted by molar-refractivity contribution is 0.195. The van der Waals surface area contributed by atoms with Crippen LogP contribution in [-0.4, -0.2) is 13.7 Å². The van der Waals surface area contributed by atoms with Crippen molar-refractivity contribution >= 4 is 11.6 Å². The van der Waals surface area contributed by atoms with Gasteiger partial charge in [0.05, 0.1) is 11.6 Å². The van der Waals surface area contributed by atoms with Crippen molar-refractivity contribution in [2.45, 2.75) is 38.6 Å². The molecule has 2 aliphatic rings. The van der Waals surface area contributed by atoms with Crippen molar-refractivity contribution in [3.8, 4) is 5.75 Å². The van der Waals surface area contributed by atoms with E-state index in [9.17, 15) is 0 Å². The van der Waals surface area contributed by atoms with Gasteiger partial charge in [-0.25, -0.2) is 0 Å². The van der Waals surface area contributed by atoms with Gasteiger partial charge in [-0.2, -0.15) is 0 Å². The van der Waals surface area contributed by atoms with Crippen LogP contribution in [0.5, 0.6) is 5.75 Å². The number of ether oxygens (including phenoxy) is 1. The molecular formula is C17H24ClNO. The molecule has 4 atom stereocenters. The lowest BCUT2D eigenvalue weighted by Crippen LogP contribution is -2.18. The Balaban J connectivity index is 1.60. The van der Waals surface area contributed by atoms with Crippen LogP contribution >= 0.6 is 11.6 Å². The fraction of sp³-hybridized carbons (Fsp3) is 0.647. The van der Waals surface area contributed by atoms with E-state index >= 15 is 0 Å². The Morgan fingerprint density at radius 3 is 2.80 bits per heavy atom. The molecule has 0 heterocycles. The van der Waals surface area contributed by atoms with Gasteiger partial charge in [0.15, 0.2) is 0 Å². The van der Waals surface area contributed by atoms with Crippen LogP contribution in [0.25, 0.3) is 0 Å². The quantitative estimate of drug-likeness (QED) is 0.867. The maximum atomic E-state index is 6.34. The smallest absolute Gasteiger partial charge is 0.137 e. The van der Waals surface area contributed by atoms with E-state index in [-0.39, 0.29) is 0 Å². The number of rotatable bonds is 5. The van der Waals surface area contributed by atoms with Gasteiger partial charge in [-0.05, 0) is 68.7 Å². The van der Waals surface area contributed by atoms with Gasteiger partial charge < -0.3 is 10.1 Å². The highest BCUT2D eigenvalue weighted by molar-refractivity contribution is 6.32. The summed E-state index contributed by atoms with van der Waals surface area (Å²) < 4.78 is 5.99. The van der Waals surface area contributed by atoms with E-state index < -0.39 is 0 Å². The third-order valence-corrected chi connectivity index (χ3v) is 5.52. The van der Waals surface area contributed by atoms with Crippen molar-refractivity contribution in [3.63, 3.8) is 0 Å². The highest BCUT2D eigenvalue weighted by Crippen LogP contribution is 2.48. The van der Waals surface area contributed by atoms with Gasteiger partial charge in [0.2, 0.25) is 0 Å².